The fourth-order valence-corrected chi connectivity index (χ4v) is 1.66. The summed E-state index contributed by atoms with van der Waals surface area (Å²) in [6, 6.07) is 3.01. The van der Waals surface area contributed by atoms with E-state index in [1.807, 2.05) is 0 Å². The number of carbonyl (C=O) groups is 2. The molecule has 17 heavy (non-hydrogen) atoms. The lowest BCUT2D eigenvalue weighted by Gasteiger charge is -2.19. The molecule has 2 heterocycles. The highest BCUT2D eigenvalue weighted by molar-refractivity contribution is 6.37. The molecule has 1 unspecified atom stereocenters. The Balaban J connectivity index is 2.53. The minimum absolute atomic E-state index is 0.235. The number of ketones is 1. The number of carboxylic acids is 1. The molecule has 1 atom stereocenters. The van der Waals surface area contributed by atoms with E-state index in [9.17, 15) is 9.59 Å². The summed E-state index contributed by atoms with van der Waals surface area (Å²) in [4.78, 5) is 30.4. The lowest BCUT2D eigenvalue weighted by molar-refractivity contribution is -0.151. The van der Waals surface area contributed by atoms with E-state index in [0.29, 0.717) is 5.02 Å². The quantitative estimate of drug-likeness (QED) is 0.818. The average molecular weight is 251 g/mol. The molecule has 0 spiro atoms. The van der Waals surface area contributed by atoms with Crippen molar-refractivity contribution in [1.82, 2.24) is 4.98 Å². The molecule has 0 bridgehead atoms. The monoisotopic (exact) mass is 250 g/mol. The largest absolute Gasteiger partial charge is 0.475 e. The first-order valence-electron chi connectivity index (χ1n) is 4.69. The number of aliphatic imine (C=N–C) groups is 1. The summed E-state index contributed by atoms with van der Waals surface area (Å²) in [5.74, 6) is -2.59. The van der Waals surface area contributed by atoms with Gasteiger partial charge in [0.25, 0.3) is 5.78 Å². The van der Waals surface area contributed by atoms with Gasteiger partial charge in [-0.25, -0.2) is 4.79 Å². The van der Waals surface area contributed by atoms with Crippen molar-refractivity contribution in [2.24, 2.45) is 4.99 Å². The molecule has 1 aliphatic heterocycles. The zero-order valence-corrected chi connectivity index (χ0v) is 9.26. The third-order valence-electron chi connectivity index (χ3n) is 2.36. The molecule has 86 valence electrons. The van der Waals surface area contributed by atoms with Crippen LogP contribution >= 0.6 is 11.6 Å². The van der Waals surface area contributed by atoms with Crippen molar-refractivity contribution >= 4 is 29.6 Å². The van der Waals surface area contributed by atoms with Crippen molar-refractivity contribution in [3.8, 4) is 0 Å². The third-order valence-corrected chi connectivity index (χ3v) is 2.58. The summed E-state index contributed by atoms with van der Waals surface area (Å²) in [7, 11) is 0. The van der Waals surface area contributed by atoms with Crippen LogP contribution in [-0.2, 0) is 15.1 Å². The molecule has 1 aromatic heterocycles. The number of hydrogen-bond acceptors (Lipinski definition) is 4. The SMILES string of the molecule is O=C(O)C(=O)C1(c2ccc(Cl)cn2)C=CC=N1. The van der Waals surface area contributed by atoms with E-state index in [-0.39, 0.29) is 5.69 Å². The average Bonchev–Trinajstić information content (AvgIpc) is 2.79. The number of Topliss-reactive ketones (excluding diaryl/α,β-unsaturated/α-hetero) is 1. The van der Waals surface area contributed by atoms with Crippen LogP contribution in [0.3, 0.4) is 0 Å². The Hall–Kier alpha value is -2.01. The standard InChI is InChI=1S/C11H7ClN2O3/c12-7-2-3-8(13-6-7)11(4-1-5-14-11)9(15)10(16)17/h1-6H,(H,16,17). The summed E-state index contributed by atoms with van der Waals surface area (Å²) in [5, 5.41) is 9.21. The third kappa shape index (κ3) is 1.85. The second-order valence-corrected chi connectivity index (χ2v) is 3.84. The second kappa shape index (κ2) is 4.10. The molecular weight excluding hydrogens is 244 g/mol. The Morgan fingerprint density at radius 3 is 2.59 bits per heavy atom. The molecule has 0 fully saturated rings. The molecule has 0 radical (unpaired) electrons. The number of halogens is 1. The Morgan fingerprint density at radius 1 is 1.35 bits per heavy atom. The zero-order valence-electron chi connectivity index (χ0n) is 8.50. The first-order valence-corrected chi connectivity index (χ1v) is 5.07. The minimum Gasteiger partial charge on any atom is -0.475 e. The first-order chi connectivity index (χ1) is 8.06. The Morgan fingerprint density at radius 2 is 2.12 bits per heavy atom. The number of aliphatic carboxylic acids is 1. The Kier molecular flexibility index (Phi) is 2.77. The van der Waals surface area contributed by atoms with Gasteiger partial charge in [-0.15, -0.1) is 0 Å². The lowest BCUT2D eigenvalue weighted by atomic mass is 9.91. The fourth-order valence-electron chi connectivity index (χ4n) is 1.55. The maximum absolute atomic E-state index is 11.7. The van der Waals surface area contributed by atoms with Gasteiger partial charge in [-0.1, -0.05) is 11.6 Å². The molecule has 0 aliphatic carbocycles. The molecule has 1 aromatic rings. The van der Waals surface area contributed by atoms with E-state index in [1.54, 1.807) is 0 Å². The summed E-state index contributed by atoms with van der Waals surface area (Å²) < 4.78 is 0. The van der Waals surface area contributed by atoms with Crippen LogP contribution in [0.15, 0.2) is 35.5 Å². The summed E-state index contributed by atoms with van der Waals surface area (Å²) in [6.45, 7) is 0. The molecule has 6 heteroatoms. The topological polar surface area (TPSA) is 79.6 Å². The first kappa shape index (κ1) is 11.5. The van der Waals surface area contributed by atoms with E-state index in [1.165, 1.54) is 36.7 Å². The molecule has 1 aliphatic rings. The highest BCUT2D eigenvalue weighted by atomic mass is 35.5. The van der Waals surface area contributed by atoms with Gasteiger partial charge in [-0.05, 0) is 24.3 Å². The number of carboxylic acid groups (broad SMARTS) is 1. The van der Waals surface area contributed by atoms with Crippen LogP contribution in [0, 0.1) is 0 Å². The van der Waals surface area contributed by atoms with Gasteiger partial charge in [-0.3, -0.25) is 14.8 Å². The summed E-state index contributed by atoms with van der Waals surface area (Å²) >= 11 is 5.69. The molecule has 0 aromatic carbocycles. The Bertz CT molecular complexity index is 522. The molecule has 0 amide bonds. The van der Waals surface area contributed by atoms with Crippen LogP contribution < -0.4 is 0 Å². The fraction of sp³-hybridized carbons (Fsp3) is 0.0909. The number of nitrogens with zero attached hydrogens (tertiary/aromatic N) is 2. The minimum atomic E-state index is -1.56. The maximum Gasteiger partial charge on any atom is 0.375 e. The van der Waals surface area contributed by atoms with Crippen molar-refractivity contribution in [1.29, 1.82) is 0 Å². The number of pyridine rings is 1. The van der Waals surface area contributed by atoms with Crippen molar-refractivity contribution < 1.29 is 14.7 Å². The van der Waals surface area contributed by atoms with Gasteiger partial charge in [0, 0.05) is 12.4 Å². The highest BCUT2D eigenvalue weighted by Crippen LogP contribution is 2.30. The molecule has 0 saturated carbocycles. The van der Waals surface area contributed by atoms with Crippen LogP contribution in [0.4, 0.5) is 0 Å². The normalized spacial score (nSPS) is 21.7. The summed E-state index contributed by atoms with van der Waals surface area (Å²) in [5.41, 5.74) is -1.32. The van der Waals surface area contributed by atoms with Crippen molar-refractivity contribution in [2.75, 3.05) is 0 Å². The number of aromatic nitrogens is 1. The van der Waals surface area contributed by atoms with E-state index < -0.39 is 17.3 Å². The van der Waals surface area contributed by atoms with Gasteiger partial charge in [0.2, 0.25) is 0 Å². The van der Waals surface area contributed by atoms with Gasteiger partial charge in [0.15, 0.2) is 5.54 Å². The van der Waals surface area contributed by atoms with E-state index in [4.69, 9.17) is 16.7 Å². The van der Waals surface area contributed by atoms with Crippen LogP contribution in [0.5, 0.6) is 0 Å². The predicted octanol–water partition coefficient (Wildman–Crippen LogP) is 1.22. The van der Waals surface area contributed by atoms with Crippen LogP contribution in [0.25, 0.3) is 0 Å². The highest BCUT2D eigenvalue weighted by Gasteiger charge is 2.43. The number of allylic oxidation sites excluding steroid dienone is 1. The molecular formula is C11H7ClN2O3. The van der Waals surface area contributed by atoms with Gasteiger partial charge < -0.3 is 5.11 Å². The van der Waals surface area contributed by atoms with E-state index in [0.717, 1.165) is 0 Å². The van der Waals surface area contributed by atoms with Gasteiger partial charge in [0.05, 0.1) is 10.7 Å². The van der Waals surface area contributed by atoms with E-state index >= 15 is 0 Å². The van der Waals surface area contributed by atoms with Gasteiger partial charge in [0.1, 0.15) is 0 Å². The lowest BCUT2D eigenvalue weighted by Crippen LogP contribution is -2.37. The number of carbonyl (C=O) groups excluding carboxylic acids is 1. The van der Waals surface area contributed by atoms with Crippen LogP contribution in [0.2, 0.25) is 5.02 Å². The predicted molar refractivity (Wildman–Crippen MR) is 61.2 cm³/mol. The maximum atomic E-state index is 11.7. The molecule has 5 nitrogen and oxygen atoms in total. The zero-order chi connectivity index (χ0) is 12.5. The van der Waals surface area contributed by atoms with Crippen LogP contribution in [0.1, 0.15) is 5.69 Å². The summed E-state index contributed by atoms with van der Waals surface area (Å²) in [6.07, 6.45) is 5.63. The van der Waals surface area contributed by atoms with Gasteiger partial charge >= 0.3 is 5.97 Å². The van der Waals surface area contributed by atoms with Crippen molar-refractivity contribution in [3.63, 3.8) is 0 Å². The molecule has 0 saturated heterocycles. The Labute approximate surface area is 101 Å². The molecule has 1 N–H and O–H groups in total. The van der Waals surface area contributed by atoms with Crippen molar-refractivity contribution in [2.45, 2.75) is 5.54 Å². The number of rotatable bonds is 3. The molecule has 2 rings (SSSR count). The van der Waals surface area contributed by atoms with Gasteiger partial charge in [-0.2, -0.15) is 0 Å². The second-order valence-electron chi connectivity index (χ2n) is 3.40. The van der Waals surface area contributed by atoms with Crippen molar-refractivity contribution in [3.05, 3.63) is 41.2 Å². The smallest absolute Gasteiger partial charge is 0.375 e. The van der Waals surface area contributed by atoms with E-state index in [2.05, 4.69) is 9.98 Å². The number of hydrogen-bond donors (Lipinski definition) is 1. The van der Waals surface area contributed by atoms with Crippen LogP contribution in [-0.4, -0.2) is 28.1 Å².